The summed E-state index contributed by atoms with van der Waals surface area (Å²) in [7, 11) is 1.48. The molecule has 0 bridgehead atoms. The predicted molar refractivity (Wildman–Crippen MR) is 98.7 cm³/mol. The average molecular weight is 407 g/mol. The number of nitro groups is 1. The molecule has 9 nitrogen and oxygen atoms in total. The highest BCUT2D eigenvalue weighted by atomic mass is 35.5. The van der Waals surface area contributed by atoms with E-state index in [2.05, 4.69) is 0 Å². The maximum atomic E-state index is 12.3. The van der Waals surface area contributed by atoms with Crippen molar-refractivity contribution in [3.05, 3.63) is 57.1 Å². The third kappa shape index (κ3) is 4.15. The van der Waals surface area contributed by atoms with Crippen LogP contribution in [0.1, 0.15) is 5.56 Å². The van der Waals surface area contributed by atoms with Gasteiger partial charge in [-0.05, 0) is 24.3 Å². The van der Waals surface area contributed by atoms with Crippen LogP contribution < -0.4 is 14.4 Å². The fraction of sp³-hybridized carbons (Fsp3) is 0.222. The minimum atomic E-state index is -0.699. The number of non-ortho nitro benzene ring substituents is 1. The molecule has 0 saturated carbocycles. The standard InChI is InChI=1S/C18H15ClN2O7/c1-26-15-4-2-12(19)6-11(15)9-28-18(23)8-20-14-7-13(21(24)25)3-5-16(14)27-10-17(20)22/h2-7H,8-10H2,1H3. The summed E-state index contributed by atoms with van der Waals surface area (Å²) in [6.07, 6.45) is 0. The molecule has 2 aromatic carbocycles. The molecule has 2 aromatic rings. The summed E-state index contributed by atoms with van der Waals surface area (Å²) in [6, 6.07) is 8.71. The molecule has 3 rings (SSSR count). The van der Waals surface area contributed by atoms with Gasteiger partial charge in [-0.1, -0.05) is 11.6 Å². The molecular weight excluding hydrogens is 392 g/mol. The predicted octanol–water partition coefficient (Wildman–Crippen LogP) is 2.73. The van der Waals surface area contributed by atoms with Gasteiger partial charge >= 0.3 is 5.97 Å². The van der Waals surface area contributed by atoms with E-state index in [9.17, 15) is 19.7 Å². The zero-order valence-corrected chi connectivity index (χ0v) is 15.5. The number of ether oxygens (including phenoxy) is 3. The van der Waals surface area contributed by atoms with Crippen molar-refractivity contribution in [3.63, 3.8) is 0 Å². The van der Waals surface area contributed by atoms with Crippen molar-refractivity contribution >= 4 is 34.9 Å². The molecule has 1 heterocycles. The summed E-state index contributed by atoms with van der Waals surface area (Å²) in [4.78, 5) is 36.0. The van der Waals surface area contributed by atoms with Crippen LogP contribution in [0.15, 0.2) is 36.4 Å². The van der Waals surface area contributed by atoms with E-state index in [4.69, 9.17) is 25.8 Å². The van der Waals surface area contributed by atoms with E-state index in [0.717, 1.165) is 4.90 Å². The van der Waals surface area contributed by atoms with Crippen molar-refractivity contribution in [1.29, 1.82) is 0 Å². The molecule has 0 N–H and O–H groups in total. The van der Waals surface area contributed by atoms with Gasteiger partial charge in [-0.2, -0.15) is 0 Å². The molecule has 0 unspecified atom stereocenters. The summed E-state index contributed by atoms with van der Waals surface area (Å²) in [6.45, 7) is -0.803. The Morgan fingerprint density at radius 1 is 1.32 bits per heavy atom. The number of carbonyl (C=O) groups is 2. The third-order valence-corrected chi connectivity index (χ3v) is 4.25. The second-order valence-corrected chi connectivity index (χ2v) is 6.23. The number of benzene rings is 2. The smallest absolute Gasteiger partial charge is 0.326 e. The summed E-state index contributed by atoms with van der Waals surface area (Å²) in [5.41, 5.74) is 0.481. The summed E-state index contributed by atoms with van der Waals surface area (Å²) >= 11 is 5.94. The van der Waals surface area contributed by atoms with Gasteiger partial charge in [0.1, 0.15) is 24.7 Å². The molecule has 1 aliphatic heterocycles. The maximum Gasteiger partial charge on any atom is 0.326 e. The normalized spacial score (nSPS) is 12.8. The second kappa shape index (κ2) is 8.13. The number of rotatable bonds is 6. The molecule has 0 atom stereocenters. The van der Waals surface area contributed by atoms with E-state index in [0.29, 0.717) is 16.3 Å². The summed E-state index contributed by atoms with van der Waals surface area (Å²) in [5, 5.41) is 11.4. The van der Waals surface area contributed by atoms with Crippen LogP contribution in [0.5, 0.6) is 11.5 Å². The lowest BCUT2D eigenvalue weighted by Gasteiger charge is -2.28. The number of amides is 1. The molecule has 1 aliphatic rings. The van der Waals surface area contributed by atoms with E-state index in [1.807, 2.05) is 0 Å². The first kappa shape index (κ1) is 19.4. The molecule has 146 valence electrons. The number of carbonyl (C=O) groups excluding carboxylic acids is 2. The lowest BCUT2D eigenvalue weighted by Crippen LogP contribution is -2.42. The van der Waals surface area contributed by atoms with Gasteiger partial charge in [-0.3, -0.25) is 24.6 Å². The summed E-state index contributed by atoms with van der Waals surface area (Å²) < 4.78 is 15.7. The van der Waals surface area contributed by atoms with Crippen LogP contribution in [-0.2, 0) is 20.9 Å². The Kier molecular flexibility index (Phi) is 5.65. The van der Waals surface area contributed by atoms with Crippen molar-refractivity contribution in [2.75, 3.05) is 25.2 Å². The Hall–Kier alpha value is -3.33. The Morgan fingerprint density at radius 2 is 2.11 bits per heavy atom. The van der Waals surface area contributed by atoms with Gasteiger partial charge in [-0.15, -0.1) is 0 Å². The van der Waals surface area contributed by atoms with Crippen LogP contribution in [-0.4, -0.2) is 37.1 Å². The van der Waals surface area contributed by atoms with E-state index in [-0.39, 0.29) is 30.3 Å². The van der Waals surface area contributed by atoms with Gasteiger partial charge < -0.3 is 14.2 Å². The molecule has 0 aliphatic carbocycles. The zero-order valence-electron chi connectivity index (χ0n) is 14.7. The lowest BCUT2D eigenvalue weighted by molar-refractivity contribution is -0.384. The van der Waals surface area contributed by atoms with Crippen LogP contribution in [0, 0.1) is 10.1 Å². The molecule has 0 spiro atoms. The molecule has 1 amide bonds. The summed E-state index contributed by atoms with van der Waals surface area (Å²) in [5.74, 6) is -0.435. The van der Waals surface area contributed by atoms with Crippen LogP contribution >= 0.6 is 11.6 Å². The van der Waals surface area contributed by atoms with Crippen molar-refractivity contribution in [3.8, 4) is 11.5 Å². The molecule has 0 fully saturated rings. The molecule has 0 radical (unpaired) electrons. The molecule has 28 heavy (non-hydrogen) atoms. The van der Waals surface area contributed by atoms with Crippen LogP contribution in [0.25, 0.3) is 0 Å². The van der Waals surface area contributed by atoms with Crippen molar-refractivity contribution in [1.82, 2.24) is 0 Å². The number of hydrogen-bond donors (Lipinski definition) is 0. The van der Waals surface area contributed by atoms with Crippen LogP contribution in [0.2, 0.25) is 5.02 Å². The molecular formula is C18H15ClN2O7. The third-order valence-electron chi connectivity index (χ3n) is 4.01. The van der Waals surface area contributed by atoms with Gasteiger partial charge in [-0.25, -0.2) is 0 Å². The van der Waals surface area contributed by atoms with Crippen molar-refractivity contribution < 1.29 is 28.7 Å². The number of hydrogen-bond acceptors (Lipinski definition) is 7. The van der Waals surface area contributed by atoms with Gasteiger partial charge in [0.2, 0.25) is 0 Å². The number of methoxy groups -OCH3 is 1. The fourth-order valence-electron chi connectivity index (χ4n) is 2.67. The quantitative estimate of drug-likeness (QED) is 0.412. The first-order valence-electron chi connectivity index (χ1n) is 8.08. The molecule has 0 aromatic heterocycles. The number of nitro benzene ring substituents is 1. The Bertz CT molecular complexity index is 948. The van der Waals surface area contributed by atoms with E-state index in [1.54, 1.807) is 18.2 Å². The Labute approximate surface area is 164 Å². The van der Waals surface area contributed by atoms with E-state index >= 15 is 0 Å². The van der Waals surface area contributed by atoms with Crippen molar-refractivity contribution in [2.24, 2.45) is 0 Å². The van der Waals surface area contributed by atoms with Crippen LogP contribution in [0.3, 0.4) is 0 Å². The number of anilines is 1. The van der Waals surface area contributed by atoms with Gasteiger partial charge in [0.15, 0.2) is 6.61 Å². The van der Waals surface area contributed by atoms with E-state index < -0.39 is 23.3 Å². The minimum Gasteiger partial charge on any atom is -0.496 e. The zero-order chi connectivity index (χ0) is 20.3. The number of nitrogens with zero attached hydrogens (tertiary/aromatic N) is 2. The first-order valence-corrected chi connectivity index (χ1v) is 8.46. The van der Waals surface area contributed by atoms with Gasteiger partial charge in [0.25, 0.3) is 11.6 Å². The topological polar surface area (TPSA) is 108 Å². The Balaban J connectivity index is 1.74. The monoisotopic (exact) mass is 406 g/mol. The molecule has 0 saturated heterocycles. The highest BCUT2D eigenvalue weighted by Gasteiger charge is 2.29. The largest absolute Gasteiger partial charge is 0.496 e. The minimum absolute atomic E-state index is 0.108. The lowest BCUT2D eigenvalue weighted by atomic mass is 10.2. The van der Waals surface area contributed by atoms with Crippen LogP contribution in [0.4, 0.5) is 11.4 Å². The maximum absolute atomic E-state index is 12.3. The van der Waals surface area contributed by atoms with E-state index in [1.165, 1.54) is 25.3 Å². The Morgan fingerprint density at radius 3 is 2.82 bits per heavy atom. The number of halogens is 1. The molecule has 10 heteroatoms. The first-order chi connectivity index (χ1) is 13.4. The van der Waals surface area contributed by atoms with Gasteiger partial charge in [0, 0.05) is 22.7 Å². The van der Waals surface area contributed by atoms with Gasteiger partial charge in [0.05, 0.1) is 17.7 Å². The number of esters is 1. The van der Waals surface area contributed by atoms with Crippen molar-refractivity contribution in [2.45, 2.75) is 6.61 Å². The highest BCUT2D eigenvalue weighted by Crippen LogP contribution is 2.35. The fourth-order valence-corrected chi connectivity index (χ4v) is 2.87. The average Bonchev–Trinajstić information content (AvgIpc) is 2.68. The highest BCUT2D eigenvalue weighted by molar-refractivity contribution is 6.30. The number of fused-ring (bicyclic) bond motifs is 1. The second-order valence-electron chi connectivity index (χ2n) is 5.79. The SMILES string of the molecule is COc1ccc(Cl)cc1COC(=O)CN1C(=O)COc2ccc([N+](=O)[O-])cc21.